The lowest BCUT2D eigenvalue weighted by atomic mass is 10.1. The predicted molar refractivity (Wildman–Crippen MR) is 63.2 cm³/mol. The molecule has 1 aromatic rings. The predicted octanol–water partition coefficient (Wildman–Crippen LogP) is 2.07. The fraction of sp³-hybridized carbons (Fsp3) is 0.333. The van der Waals surface area contributed by atoms with Crippen LogP contribution in [0.3, 0.4) is 0 Å². The minimum Gasteiger partial charge on any atom is -0.479 e. The summed E-state index contributed by atoms with van der Waals surface area (Å²) < 4.78 is 5.12. The van der Waals surface area contributed by atoms with Crippen molar-refractivity contribution in [1.82, 2.24) is 0 Å². The van der Waals surface area contributed by atoms with Crippen LogP contribution in [0.1, 0.15) is 19.4 Å². The van der Waals surface area contributed by atoms with Crippen LogP contribution < -0.4 is 4.74 Å². The standard InChI is InChI=1S/C12H12N2O4/c1-8(2)11(15)7-18-12-4-3-9(6-13)5-10(12)14(16)17/h3-5,8H,7H2,1-2H3. The lowest BCUT2D eigenvalue weighted by Crippen LogP contribution is -2.17. The highest BCUT2D eigenvalue weighted by molar-refractivity contribution is 5.81. The van der Waals surface area contributed by atoms with E-state index in [0.29, 0.717) is 0 Å². The van der Waals surface area contributed by atoms with Crippen molar-refractivity contribution in [1.29, 1.82) is 5.26 Å². The summed E-state index contributed by atoms with van der Waals surface area (Å²) >= 11 is 0. The maximum absolute atomic E-state index is 11.4. The molecule has 0 amide bonds. The van der Waals surface area contributed by atoms with Crippen molar-refractivity contribution in [3.63, 3.8) is 0 Å². The van der Waals surface area contributed by atoms with Crippen molar-refractivity contribution in [2.45, 2.75) is 13.8 Å². The van der Waals surface area contributed by atoms with Gasteiger partial charge < -0.3 is 4.74 Å². The minimum absolute atomic E-state index is 0.00648. The first-order chi connectivity index (χ1) is 8.45. The zero-order valence-electron chi connectivity index (χ0n) is 10.0. The van der Waals surface area contributed by atoms with Crippen molar-refractivity contribution in [2.75, 3.05) is 6.61 Å². The number of ketones is 1. The second-order valence-corrected chi connectivity index (χ2v) is 3.96. The highest BCUT2D eigenvalue weighted by Crippen LogP contribution is 2.27. The summed E-state index contributed by atoms with van der Waals surface area (Å²) in [6.07, 6.45) is 0. The van der Waals surface area contributed by atoms with Gasteiger partial charge in [0, 0.05) is 12.0 Å². The quantitative estimate of drug-likeness (QED) is 0.587. The third-order valence-electron chi connectivity index (χ3n) is 2.30. The fourth-order valence-electron chi connectivity index (χ4n) is 1.17. The number of Topliss-reactive ketones (excluding diaryl/α,β-unsaturated/α-hetero) is 1. The van der Waals surface area contributed by atoms with E-state index in [-0.39, 0.29) is 35.3 Å². The van der Waals surface area contributed by atoms with Crippen LogP contribution in [-0.4, -0.2) is 17.3 Å². The third-order valence-corrected chi connectivity index (χ3v) is 2.30. The van der Waals surface area contributed by atoms with E-state index in [4.69, 9.17) is 10.00 Å². The highest BCUT2D eigenvalue weighted by Gasteiger charge is 2.17. The molecule has 0 heterocycles. The smallest absolute Gasteiger partial charge is 0.312 e. The number of benzene rings is 1. The van der Waals surface area contributed by atoms with Gasteiger partial charge in [0.1, 0.15) is 6.61 Å². The number of nitriles is 1. The molecule has 0 aliphatic rings. The number of ether oxygens (including phenoxy) is 1. The molecule has 0 saturated carbocycles. The van der Waals surface area contributed by atoms with Gasteiger partial charge in [0.15, 0.2) is 11.5 Å². The zero-order chi connectivity index (χ0) is 13.7. The van der Waals surface area contributed by atoms with Crippen LogP contribution in [-0.2, 0) is 4.79 Å². The Morgan fingerprint density at radius 2 is 2.22 bits per heavy atom. The summed E-state index contributed by atoms with van der Waals surface area (Å²) in [4.78, 5) is 21.5. The van der Waals surface area contributed by atoms with E-state index in [9.17, 15) is 14.9 Å². The molecule has 94 valence electrons. The van der Waals surface area contributed by atoms with Crippen molar-refractivity contribution in [3.05, 3.63) is 33.9 Å². The summed E-state index contributed by atoms with van der Waals surface area (Å²) in [6, 6.07) is 5.65. The van der Waals surface area contributed by atoms with Crippen molar-refractivity contribution in [2.24, 2.45) is 5.92 Å². The summed E-state index contributed by atoms with van der Waals surface area (Å²) in [7, 11) is 0. The van der Waals surface area contributed by atoms with Gasteiger partial charge in [-0.05, 0) is 12.1 Å². The first-order valence-corrected chi connectivity index (χ1v) is 5.29. The van der Waals surface area contributed by atoms with Gasteiger partial charge in [-0.3, -0.25) is 14.9 Å². The Balaban J connectivity index is 2.92. The Morgan fingerprint density at radius 3 is 2.72 bits per heavy atom. The van der Waals surface area contributed by atoms with Crippen LogP contribution >= 0.6 is 0 Å². The summed E-state index contributed by atoms with van der Waals surface area (Å²) in [6.45, 7) is 3.22. The number of rotatable bonds is 5. The number of nitro benzene ring substituents is 1. The molecule has 0 unspecified atom stereocenters. The number of carbonyl (C=O) groups excluding carboxylic acids is 1. The molecule has 6 heteroatoms. The Kier molecular flexibility index (Phi) is 4.38. The van der Waals surface area contributed by atoms with E-state index in [1.54, 1.807) is 19.9 Å². The third kappa shape index (κ3) is 3.28. The summed E-state index contributed by atoms with van der Waals surface area (Å²) in [5.74, 6) is -0.343. The first kappa shape index (κ1) is 13.6. The van der Waals surface area contributed by atoms with E-state index in [1.807, 2.05) is 0 Å². The molecule has 1 aromatic carbocycles. The molecule has 0 fully saturated rings. The number of nitro groups is 1. The Hall–Kier alpha value is -2.42. The largest absolute Gasteiger partial charge is 0.479 e. The average Bonchev–Trinajstić information content (AvgIpc) is 2.35. The van der Waals surface area contributed by atoms with Gasteiger partial charge >= 0.3 is 5.69 Å². The van der Waals surface area contributed by atoms with Crippen LogP contribution in [0.25, 0.3) is 0 Å². The molecule has 1 rings (SSSR count). The molecule has 6 nitrogen and oxygen atoms in total. The van der Waals surface area contributed by atoms with Gasteiger partial charge in [-0.15, -0.1) is 0 Å². The van der Waals surface area contributed by atoms with Crippen molar-refractivity contribution < 1.29 is 14.5 Å². The lowest BCUT2D eigenvalue weighted by molar-refractivity contribution is -0.385. The van der Waals surface area contributed by atoms with Gasteiger partial charge in [0.05, 0.1) is 16.6 Å². The first-order valence-electron chi connectivity index (χ1n) is 5.29. The van der Waals surface area contributed by atoms with Crippen LogP contribution in [0.15, 0.2) is 18.2 Å². The summed E-state index contributed by atoms with van der Waals surface area (Å²) in [5.41, 5.74) is -0.144. The average molecular weight is 248 g/mol. The number of nitrogens with zero attached hydrogens (tertiary/aromatic N) is 2. The molecular formula is C12H12N2O4. The molecule has 0 aliphatic heterocycles. The molecule has 0 atom stereocenters. The SMILES string of the molecule is CC(C)C(=O)COc1ccc(C#N)cc1[N+](=O)[O-]. The number of carbonyl (C=O) groups is 1. The Morgan fingerprint density at radius 1 is 1.56 bits per heavy atom. The van der Waals surface area contributed by atoms with E-state index in [2.05, 4.69) is 0 Å². The number of hydrogen-bond donors (Lipinski definition) is 0. The van der Waals surface area contributed by atoms with Gasteiger partial charge in [0.25, 0.3) is 0 Å². The highest BCUT2D eigenvalue weighted by atomic mass is 16.6. The molecule has 18 heavy (non-hydrogen) atoms. The van der Waals surface area contributed by atoms with Crippen molar-refractivity contribution >= 4 is 11.5 Å². The van der Waals surface area contributed by atoms with E-state index >= 15 is 0 Å². The van der Waals surface area contributed by atoms with E-state index in [0.717, 1.165) is 6.07 Å². The van der Waals surface area contributed by atoms with Gasteiger partial charge in [-0.1, -0.05) is 13.8 Å². The molecule has 0 saturated heterocycles. The summed E-state index contributed by atoms with van der Waals surface area (Å²) in [5, 5.41) is 19.5. The van der Waals surface area contributed by atoms with Crippen LogP contribution in [0, 0.1) is 27.4 Å². The zero-order valence-corrected chi connectivity index (χ0v) is 10.0. The van der Waals surface area contributed by atoms with Gasteiger partial charge in [-0.2, -0.15) is 5.26 Å². The van der Waals surface area contributed by atoms with Gasteiger partial charge in [-0.25, -0.2) is 0 Å². The fourth-order valence-corrected chi connectivity index (χ4v) is 1.17. The Bertz CT molecular complexity index is 517. The second-order valence-electron chi connectivity index (χ2n) is 3.96. The van der Waals surface area contributed by atoms with Crippen molar-refractivity contribution in [3.8, 4) is 11.8 Å². The molecule has 0 aliphatic carbocycles. The molecule has 0 spiro atoms. The number of hydrogen-bond acceptors (Lipinski definition) is 5. The van der Waals surface area contributed by atoms with E-state index in [1.165, 1.54) is 12.1 Å². The molecule has 0 aromatic heterocycles. The molecule has 0 bridgehead atoms. The van der Waals surface area contributed by atoms with Crippen LogP contribution in [0.4, 0.5) is 5.69 Å². The minimum atomic E-state index is -0.643. The molecule has 0 N–H and O–H groups in total. The second kappa shape index (κ2) is 5.77. The van der Waals surface area contributed by atoms with Crippen LogP contribution in [0.2, 0.25) is 0 Å². The molecule has 0 radical (unpaired) electrons. The van der Waals surface area contributed by atoms with E-state index < -0.39 is 4.92 Å². The van der Waals surface area contributed by atoms with Gasteiger partial charge in [0.2, 0.25) is 0 Å². The Labute approximate surface area is 104 Å². The lowest BCUT2D eigenvalue weighted by Gasteiger charge is -2.07. The van der Waals surface area contributed by atoms with Crippen LogP contribution in [0.5, 0.6) is 5.75 Å². The molecular weight excluding hydrogens is 236 g/mol. The normalized spacial score (nSPS) is 9.89. The topological polar surface area (TPSA) is 93.2 Å². The monoisotopic (exact) mass is 248 g/mol. The maximum atomic E-state index is 11.4. The maximum Gasteiger partial charge on any atom is 0.312 e.